The highest BCUT2D eigenvalue weighted by molar-refractivity contribution is 5.97. The van der Waals surface area contributed by atoms with Gasteiger partial charge in [-0.3, -0.25) is 0 Å². The average Bonchev–Trinajstić information content (AvgIpc) is 2.68. The number of hydrogen-bond donors (Lipinski definition) is 1. The molecule has 0 fully saturated rings. The molecule has 1 heteroatoms. The van der Waals surface area contributed by atoms with Gasteiger partial charge in [0.1, 0.15) is 5.75 Å². The van der Waals surface area contributed by atoms with E-state index in [-0.39, 0.29) is 5.41 Å². The van der Waals surface area contributed by atoms with Crippen LogP contribution in [0.1, 0.15) is 25.0 Å². The van der Waals surface area contributed by atoms with E-state index in [1.807, 2.05) is 12.1 Å². The normalized spacial score (nSPS) is 15.1. The third-order valence-electron chi connectivity index (χ3n) is 4.52. The summed E-state index contributed by atoms with van der Waals surface area (Å²) in [4.78, 5) is 0. The third kappa shape index (κ3) is 1.32. The van der Waals surface area contributed by atoms with Gasteiger partial charge in [-0.05, 0) is 45.2 Å². The summed E-state index contributed by atoms with van der Waals surface area (Å²) in [6.07, 6.45) is 0. The molecule has 1 nitrogen and oxygen atoms in total. The number of hydrogen-bond acceptors (Lipinski definition) is 1. The largest absolute Gasteiger partial charge is 0.508 e. The molecule has 20 heavy (non-hydrogen) atoms. The first kappa shape index (κ1) is 11.5. The molecule has 0 saturated carbocycles. The monoisotopic (exact) mass is 260 g/mol. The van der Waals surface area contributed by atoms with Gasteiger partial charge < -0.3 is 5.11 Å². The first-order valence-corrected chi connectivity index (χ1v) is 6.95. The molecule has 1 N–H and O–H groups in total. The van der Waals surface area contributed by atoms with Crippen LogP contribution >= 0.6 is 0 Å². The van der Waals surface area contributed by atoms with Gasteiger partial charge >= 0.3 is 0 Å². The Labute approximate surface area is 118 Å². The molecule has 0 heterocycles. The summed E-state index contributed by atoms with van der Waals surface area (Å²) < 4.78 is 0. The van der Waals surface area contributed by atoms with Gasteiger partial charge in [-0.15, -0.1) is 0 Å². The van der Waals surface area contributed by atoms with Crippen molar-refractivity contribution in [2.24, 2.45) is 0 Å². The Morgan fingerprint density at radius 2 is 1.65 bits per heavy atom. The van der Waals surface area contributed by atoms with E-state index < -0.39 is 0 Å². The number of aromatic hydroxyl groups is 1. The van der Waals surface area contributed by atoms with Gasteiger partial charge in [0, 0.05) is 5.41 Å². The highest BCUT2D eigenvalue weighted by Gasteiger charge is 2.36. The molecule has 0 radical (unpaired) electrons. The van der Waals surface area contributed by atoms with Gasteiger partial charge in [-0.2, -0.15) is 0 Å². The van der Waals surface area contributed by atoms with Crippen LogP contribution in [0.15, 0.2) is 54.6 Å². The number of phenols is 1. The second-order valence-electron chi connectivity index (χ2n) is 6.06. The number of benzene rings is 3. The summed E-state index contributed by atoms with van der Waals surface area (Å²) in [6.45, 7) is 4.56. The smallest absolute Gasteiger partial charge is 0.116 e. The maximum atomic E-state index is 9.68. The van der Waals surface area contributed by atoms with Crippen LogP contribution in [0.3, 0.4) is 0 Å². The van der Waals surface area contributed by atoms with Crippen molar-refractivity contribution in [2.75, 3.05) is 0 Å². The zero-order chi connectivity index (χ0) is 13.9. The van der Waals surface area contributed by atoms with Crippen molar-refractivity contribution in [1.29, 1.82) is 0 Å². The van der Waals surface area contributed by atoms with E-state index in [1.54, 1.807) is 6.07 Å². The quantitative estimate of drug-likeness (QED) is 0.612. The van der Waals surface area contributed by atoms with Crippen molar-refractivity contribution < 1.29 is 5.11 Å². The van der Waals surface area contributed by atoms with Gasteiger partial charge in [0.05, 0.1) is 0 Å². The van der Waals surface area contributed by atoms with Crippen LogP contribution in [0.5, 0.6) is 5.75 Å². The molecule has 0 bridgehead atoms. The van der Waals surface area contributed by atoms with Crippen molar-refractivity contribution in [3.05, 3.63) is 65.7 Å². The minimum Gasteiger partial charge on any atom is -0.508 e. The van der Waals surface area contributed by atoms with Crippen LogP contribution in [0.2, 0.25) is 0 Å². The predicted octanol–water partition coefficient (Wildman–Crippen LogP) is 4.85. The lowest BCUT2D eigenvalue weighted by atomic mass is 9.80. The maximum absolute atomic E-state index is 9.68. The van der Waals surface area contributed by atoms with Crippen molar-refractivity contribution in [2.45, 2.75) is 19.3 Å². The first-order chi connectivity index (χ1) is 9.59. The van der Waals surface area contributed by atoms with E-state index in [0.717, 1.165) is 5.39 Å². The van der Waals surface area contributed by atoms with Gasteiger partial charge in [0.2, 0.25) is 0 Å². The van der Waals surface area contributed by atoms with Gasteiger partial charge in [-0.1, -0.05) is 56.3 Å². The van der Waals surface area contributed by atoms with E-state index in [2.05, 4.69) is 50.2 Å². The Balaban J connectivity index is 2.17. The molecule has 0 saturated heterocycles. The number of phenolic OH excluding ortho intramolecular Hbond substituents is 1. The lowest BCUT2D eigenvalue weighted by Crippen LogP contribution is -2.15. The zero-order valence-corrected chi connectivity index (χ0v) is 11.6. The van der Waals surface area contributed by atoms with Crippen molar-refractivity contribution in [3.63, 3.8) is 0 Å². The molecule has 0 atom stereocenters. The minimum absolute atomic E-state index is 0.00239. The molecule has 0 aromatic heterocycles. The van der Waals surface area contributed by atoms with E-state index in [4.69, 9.17) is 0 Å². The molecule has 0 aliphatic heterocycles. The van der Waals surface area contributed by atoms with Crippen LogP contribution in [0, 0.1) is 0 Å². The standard InChI is InChI=1S/C19H16O/c1-19(2)17-6-4-3-5-15(17)16-9-7-12-11-13(20)8-10-14(12)18(16)19/h3-11,20H,1-2H3. The Morgan fingerprint density at radius 3 is 2.50 bits per heavy atom. The van der Waals surface area contributed by atoms with Crippen LogP contribution < -0.4 is 0 Å². The molecule has 0 spiro atoms. The van der Waals surface area contributed by atoms with Crippen LogP contribution in [0.25, 0.3) is 21.9 Å². The van der Waals surface area contributed by atoms with Crippen molar-refractivity contribution in [3.8, 4) is 16.9 Å². The Hall–Kier alpha value is -2.28. The fraction of sp³-hybridized carbons (Fsp3) is 0.158. The van der Waals surface area contributed by atoms with Gasteiger partial charge in [-0.25, -0.2) is 0 Å². The predicted molar refractivity (Wildman–Crippen MR) is 83.2 cm³/mol. The summed E-state index contributed by atoms with van der Waals surface area (Å²) >= 11 is 0. The highest BCUT2D eigenvalue weighted by atomic mass is 16.3. The maximum Gasteiger partial charge on any atom is 0.116 e. The second kappa shape index (κ2) is 3.63. The lowest BCUT2D eigenvalue weighted by molar-refractivity contribution is 0.476. The first-order valence-electron chi connectivity index (χ1n) is 6.95. The van der Waals surface area contributed by atoms with Crippen molar-refractivity contribution >= 4 is 10.8 Å². The van der Waals surface area contributed by atoms with Crippen LogP contribution in [-0.4, -0.2) is 5.11 Å². The summed E-state index contributed by atoms with van der Waals surface area (Å²) in [6, 6.07) is 18.6. The van der Waals surface area contributed by atoms with E-state index in [0.29, 0.717) is 5.75 Å². The Kier molecular flexibility index (Phi) is 2.10. The highest BCUT2D eigenvalue weighted by Crippen LogP contribution is 2.51. The number of fused-ring (bicyclic) bond motifs is 5. The molecule has 0 amide bonds. The molecule has 3 aromatic carbocycles. The second-order valence-corrected chi connectivity index (χ2v) is 6.06. The van der Waals surface area contributed by atoms with Crippen molar-refractivity contribution in [1.82, 2.24) is 0 Å². The third-order valence-corrected chi connectivity index (χ3v) is 4.52. The molecular formula is C19H16O. The fourth-order valence-corrected chi connectivity index (χ4v) is 3.61. The van der Waals surface area contributed by atoms with E-state index in [9.17, 15) is 5.11 Å². The summed E-state index contributed by atoms with van der Waals surface area (Å²) in [5.74, 6) is 0.325. The fourth-order valence-electron chi connectivity index (χ4n) is 3.61. The zero-order valence-electron chi connectivity index (χ0n) is 11.6. The summed E-state index contributed by atoms with van der Waals surface area (Å²) in [7, 11) is 0. The molecule has 0 unspecified atom stereocenters. The average molecular weight is 260 g/mol. The topological polar surface area (TPSA) is 20.2 Å². The van der Waals surface area contributed by atoms with Gasteiger partial charge in [0.25, 0.3) is 0 Å². The SMILES string of the molecule is CC1(C)c2ccccc2-c2ccc3cc(O)ccc3c21. The molecule has 98 valence electrons. The van der Waals surface area contributed by atoms with E-state index >= 15 is 0 Å². The number of rotatable bonds is 0. The Morgan fingerprint density at radius 1 is 0.850 bits per heavy atom. The van der Waals surface area contributed by atoms with Gasteiger partial charge in [0.15, 0.2) is 0 Å². The molecular weight excluding hydrogens is 244 g/mol. The van der Waals surface area contributed by atoms with Crippen LogP contribution in [-0.2, 0) is 5.41 Å². The summed E-state index contributed by atoms with van der Waals surface area (Å²) in [5, 5.41) is 12.0. The van der Waals surface area contributed by atoms with E-state index in [1.165, 1.54) is 27.6 Å². The summed E-state index contributed by atoms with van der Waals surface area (Å²) in [5.41, 5.74) is 5.42. The molecule has 1 aliphatic rings. The lowest BCUT2D eigenvalue weighted by Gasteiger charge is -2.23. The molecule has 1 aliphatic carbocycles. The molecule has 3 aromatic rings. The Bertz CT molecular complexity index is 844. The minimum atomic E-state index is 0.00239. The van der Waals surface area contributed by atoms with Crippen LogP contribution in [0.4, 0.5) is 0 Å². The molecule has 4 rings (SSSR count).